The Hall–Kier alpha value is -1.40. The van der Waals surface area contributed by atoms with Crippen molar-refractivity contribution in [1.29, 1.82) is 0 Å². The highest BCUT2D eigenvalue weighted by molar-refractivity contribution is 7.85. The molecule has 0 unspecified atom stereocenters. The van der Waals surface area contributed by atoms with E-state index in [4.69, 9.17) is 4.55 Å². The van der Waals surface area contributed by atoms with Crippen molar-refractivity contribution in [2.24, 2.45) is 11.3 Å². The van der Waals surface area contributed by atoms with Gasteiger partial charge in [0.1, 0.15) is 0 Å². The average Bonchev–Trinajstić information content (AvgIpc) is 2.28. The molecule has 5 nitrogen and oxygen atoms in total. The maximum absolute atomic E-state index is 12.1. The van der Waals surface area contributed by atoms with Gasteiger partial charge in [0, 0.05) is 11.1 Å². The lowest BCUT2D eigenvalue weighted by Crippen LogP contribution is -2.35. The molecule has 0 fully saturated rings. The molecule has 0 atom stereocenters. The number of rotatable bonds is 4. The Morgan fingerprint density at radius 1 is 1.21 bits per heavy atom. The van der Waals surface area contributed by atoms with E-state index in [1.165, 1.54) is 24.3 Å². The van der Waals surface area contributed by atoms with Gasteiger partial charge in [-0.2, -0.15) is 8.42 Å². The van der Waals surface area contributed by atoms with Gasteiger partial charge in [-0.25, -0.2) is 0 Å². The zero-order chi connectivity index (χ0) is 14.8. The van der Waals surface area contributed by atoms with Crippen LogP contribution in [0.1, 0.15) is 27.7 Å². The quantitative estimate of drug-likeness (QED) is 0.833. The molecular formula is C13H19NO4S. The molecule has 0 saturated carbocycles. The fourth-order valence-electron chi connectivity index (χ4n) is 1.26. The van der Waals surface area contributed by atoms with E-state index < -0.39 is 15.5 Å². The second kappa shape index (κ2) is 5.30. The highest BCUT2D eigenvalue weighted by atomic mass is 32.2. The van der Waals surface area contributed by atoms with E-state index in [9.17, 15) is 13.2 Å². The predicted octanol–water partition coefficient (Wildman–Crippen LogP) is 2.55. The molecule has 1 aromatic carbocycles. The third-order valence-electron chi connectivity index (χ3n) is 3.44. The molecule has 0 spiro atoms. The number of nitrogens with one attached hydrogen (secondary N) is 1. The van der Waals surface area contributed by atoms with Crippen LogP contribution in [0.3, 0.4) is 0 Å². The molecule has 0 saturated heterocycles. The Morgan fingerprint density at radius 3 is 2.05 bits per heavy atom. The van der Waals surface area contributed by atoms with Crippen molar-refractivity contribution in [2.75, 3.05) is 5.32 Å². The molecule has 1 aromatic rings. The zero-order valence-corrected chi connectivity index (χ0v) is 12.3. The van der Waals surface area contributed by atoms with Crippen molar-refractivity contribution in [1.82, 2.24) is 0 Å². The summed E-state index contributed by atoms with van der Waals surface area (Å²) < 4.78 is 30.6. The topological polar surface area (TPSA) is 83.5 Å². The van der Waals surface area contributed by atoms with E-state index in [0.717, 1.165) is 0 Å². The summed E-state index contributed by atoms with van der Waals surface area (Å²) in [5.41, 5.74) is -0.0343. The van der Waals surface area contributed by atoms with Gasteiger partial charge in [0.15, 0.2) is 0 Å². The van der Waals surface area contributed by atoms with Gasteiger partial charge < -0.3 is 5.32 Å². The van der Waals surface area contributed by atoms with Gasteiger partial charge in [0.05, 0.1) is 4.90 Å². The molecule has 6 heteroatoms. The molecule has 0 heterocycles. The summed E-state index contributed by atoms with van der Waals surface area (Å²) in [5, 5.41) is 2.73. The number of hydrogen-bond donors (Lipinski definition) is 2. The summed E-state index contributed by atoms with van der Waals surface area (Å²) in [6.07, 6.45) is 0. The number of hydrogen-bond acceptors (Lipinski definition) is 3. The predicted molar refractivity (Wildman–Crippen MR) is 73.5 cm³/mol. The van der Waals surface area contributed by atoms with Gasteiger partial charge in [-0.1, -0.05) is 27.7 Å². The molecule has 0 aliphatic heterocycles. The molecule has 1 amide bonds. The van der Waals surface area contributed by atoms with E-state index in [2.05, 4.69) is 5.32 Å². The number of anilines is 1. The van der Waals surface area contributed by atoms with Crippen LogP contribution in [-0.4, -0.2) is 18.9 Å². The molecular weight excluding hydrogens is 266 g/mol. The molecule has 0 radical (unpaired) electrons. The Morgan fingerprint density at radius 2 is 1.68 bits per heavy atom. The molecule has 0 aromatic heterocycles. The van der Waals surface area contributed by atoms with Crippen LogP contribution in [0.4, 0.5) is 5.69 Å². The van der Waals surface area contributed by atoms with Crippen LogP contribution in [0, 0.1) is 11.3 Å². The summed E-state index contributed by atoms with van der Waals surface area (Å²) in [5.74, 6) is 0.0340. The fourth-order valence-corrected chi connectivity index (χ4v) is 1.74. The van der Waals surface area contributed by atoms with Gasteiger partial charge in [0.25, 0.3) is 10.1 Å². The minimum Gasteiger partial charge on any atom is -0.326 e. The van der Waals surface area contributed by atoms with Crippen molar-refractivity contribution in [3.8, 4) is 0 Å². The number of benzene rings is 1. The van der Waals surface area contributed by atoms with E-state index in [1.54, 1.807) is 0 Å². The molecule has 106 valence electrons. The van der Waals surface area contributed by atoms with Gasteiger partial charge in [0.2, 0.25) is 5.91 Å². The normalized spacial score (nSPS) is 12.5. The van der Waals surface area contributed by atoms with Crippen LogP contribution in [-0.2, 0) is 14.9 Å². The average molecular weight is 285 g/mol. The summed E-state index contributed by atoms with van der Waals surface area (Å²) in [6.45, 7) is 7.61. The highest BCUT2D eigenvalue weighted by Crippen LogP contribution is 2.28. The van der Waals surface area contributed by atoms with Crippen molar-refractivity contribution in [2.45, 2.75) is 32.6 Å². The Balaban J connectivity index is 2.88. The lowest BCUT2D eigenvalue weighted by atomic mass is 9.80. The smallest absolute Gasteiger partial charge is 0.294 e. The lowest BCUT2D eigenvalue weighted by molar-refractivity contribution is -0.126. The summed E-state index contributed by atoms with van der Waals surface area (Å²) in [4.78, 5) is 11.9. The largest absolute Gasteiger partial charge is 0.326 e. The first kappa shape index (κ1) is 15.7. The molecule has 0 aliphatic rings. The Kier molecular flexibility index (Phi) is 4.37. The van der Waals surface area contributed by atoms with E-state index >= 15 is 0 Å². The molecule has 2 N–H and O–H groups in total. The van der Waals surface area contributed by atoms with Crippen LogP contribution in [0.5, 0.6) is 0 Å². The monoisotopic (exact) mass is 285 g/mol. The van der Waals surface area contributed by atoms with Crippen molar-refractivity contribution < 1.29 is 17.8 Å². The minimum absolute atomic E-state index is 0.137. The van der Waals surface area contributed by atoms with E-state index in [-0.39, 0.29) is 16.7 Å². The SMILES string of the molecule is CC(C)C(C)(C)C(=O)Nc1ccc(S(=O)(=O)O)cc1. The summed E-state index contributed by atoms with van der Waals surface area (Å²) in [6, 6.07) is 5.37. The summed E-state index contributed by atoms with van der Waals surface area (Å²) in [7, 11) is -4.20. The first-order valence-corrected chi connectivity index (χ1v) is 7.38. The van der Waals surface area contributed by atoms with Gasteiger partial charge >= 0.3 is 0 Å². The van der Waals surface area contributed by atoms with Crippen LogP contribution in [0.25, 0.3) is 0 Å². The van der Waals surface area contributed by atoms with Crippen LogP contribution in [0.2, 0.25) is 0 Å². The van der Waals surface area contributed by atoms with Crippen molar-refractivity contribution in [3.05, 3.63) is 24.3 Å². The van der Waals surface area contributed by atoms with Crippen LogP contribution < -0.4 is 5.32 Å². The second-order valence-electron chi connectivity index (χ2n) is 5.33. The highest BCUT2D eigenvalue weighted by Gasteiger charge is 2.31. The van der Waals surface area contributed by atoms with E-state index in [0.29, 0.717) is 5.69 Å². The number of carbonyl (C=O) groups excluding carboxylic acids is 1. The first-order valence-electron chi connectivity index (χ1n) is 5.94. The minimum atomic E-state index is -4.20. The molecule has 1 rings (SSSR count). The maximum atomic E-state index is 12.1. The van der Waals surface area contributed by atoms with E-state index in [1.807, 2.05) is 27.7 Å². The van der Waals surface area contributed by atoms with Crippen molar-refractivity contribution in [3.63, 3.8) is 0 Å². The van der Waals surface area contributed by atoms with Gasteiger partial charge in [-0.05, 0) is 30.2 Å². The van der Waals surface area contributed by atoms with Crippen molar-refractivity contribution >= 4 is 21.7 Å². The maximum Gasteiger partial charge on any atom is 0.294 e. The zero-order valence-electron chi connectivity index (χ0n) is 11.5. The third-order valence-corrected chi connectivity index (χ3v) is 4.31. The fraction of sp³-hybridized carbons (Fsp3) is 0.462. The standard InChI is InChI=1S/C13H19NO4S/c1-9(2)13(3,4)12(15)14-10-5-7-11(8-6-10)19(16,17)18/h5-9H,1-4H3,(H,14,15)(H,16,17,18). The van der Waals surface area contributed by atoms with Gasteiger partial charge in [-0.15, -0.1) is 0 Å². The van der Waals surface area contributed by atoms with Crippen LogP contribution in [0.15, 0.2) is 29.2 Å². The van der Waals surface area contributed by atoms with Crippen LogP contribution >= 0.6 is 0 Å². The molecule has 0 aliphatic carbocycles. The summed E-state index contributed by atoms with van der Waals surface area (Å²) >= 11 is 0. The lowest BCUT2D eigenvalue weighted by Gasteiger charge is -2.27. The molecule has 0 bridgehead atoms. The Bertz CT molecular complexity index is 559. The van der Waals surface area contributed by atoms with Gasteiger partial charge in [-0.3, -0.25) is 9.35 Å². The number of carbonyl (C=O) groups is 1. The first-order chi connectivity index (χ1) is 8.55. The number of amides is 1. The third kappa shape index (κ3) is 3.78. The second-order valence-corrected chi connectivity index (χ2v) is 6.75. The Labute approximate surface area is 113 Å². The molecule has 19 heavy (non-hydrogen) atoms.